The Labute approximate surface area is 167 Å². The molecule has 26 heavy (non-hydrogen) atoms. The minimum absolute atomic E-state index is 0.191. The van der Waals surface area contributed by atoms with E-state index in [9.17, 15) is 4.39 Å². The summed E-state index contributed by atoms with van der Waals surface area (Å²) in [6.07, 6.45) is 3.16. The van der Waals surface area contributed by atoms with Crippen LogP contribution in [-0.4, -0.2) is 23.1 Å². The van der Waals surface area contributed by atoms with Crippen molar-refractivity contribution in [3.63, 3.8) is 0 Å². The van der Waals surface area contributed by atoms with E-state index in [-0.39, 0.29) is 15.2 Å². The maximum Gasteiger partial charge on any atom is 0.148 e. The Hall–Kier alpha value is -1.56. The minimum atomic E-state index is -1.24. The van der Waals surface area contributed by atoms with Crippen LogP contribution in [0.2, 0.25) is 5.02 Å². The first-order valence-electron chi connectivity index (χ1n) is 8.08. The average Bonchev–Trinajstić information content (AvgIpc) is 2.61. The number of rotatable bonds is 9. The fourth-order valence-electron chi connectivity index (χ4n) is 2.21. The summed E-state index contributed by atoms with van der Waals surface area (Å²) in [7, 11) is 0. The van der Waals surface area contributed by atoms with Gasteiger partial charge in [-0.05, 0) is 31.0 Å². The summed E-state index contributed by atoms with van der Waals surface area (Å²) in [6, 6.07) is 7.78. The van der Waals surface area contributed by atoms with E-state index in [2.05, 4.69) is 15.3 Å². The van der Waals surface area contributed by atoms with Crippen molar-refractivity contribution in [2.75, 3.05) is 18.5 Å². The summed E-state index contributed by atoms with van der Waals surface area (Å²) in [6.45, 7) is 2.50. The number of halogens is 4. The zero-order chi connectivity index (χ0) is 18.9. The number of nitrogens with zero attached hydrogens (tertiary/aromatic N) is 2. The topological polar surface area (TPSA) is 47.0 Å². The largest absolute Gasteiger partial charge is 0.493 e. The molecule has 0 aliphatic heterocycles. The molecule has 0 aliphatic carbocycles. The molecule has 0 aliphatic rings. The first-order chi connectivity index (χ1) is 12.5. The minimum Gasteiger partial charge on any atom is -0.493 e. The van der Waals surface area contributed by atoms with Gasteiger partial charge < -0.3 is 10.1 Å². The highest BCUT2D eigenvalue weighted by Crippen LogP contribution is 2.28. The van der Waals surface area contributed by atoms with Crippen molar-refractivity contribution >= 4 is 40.6 Å². The fraction of sp³-hybridized carbons (Fsp3) is 0.333. The van der Waals surface area contributed by atoms with E-state index < -0.39 is 6.17 Å². The van der Waals surface area contributed by atoms with Gasteiger partial charge in [0.2, 0.25) is 0 Å². The van der Waals surface area contributed by atoms with Crippen LogP contribution in [0, 0.1) is 0 Å². The first kappa shape index (κ1) is 20.7. The lowest BCUT2D eigenvalue weighted by Crippen LogP contribution is -2.08. The molecule has 0 bridgehead atoms. The summed E-state index contributed by atoms with van der Waals surface area (Å²) in [5.74, 6) is 1.22. The van der Waals surface area contributed by atoms with Crippen molar-refractivity contribution in [1.29, 1.82) is 0 Å². The van der Waals surface area contributed by atoms with Crippen LogP contribution in [-0.2, 0) is 6.42 Å². The molecule has 140 valence electrons. The quantitative estimate of drug-likeness (QED) is 0.515. The van der Waals surface area contributed by atoms with E-state index >= 15 is 0 Å². The van der Waals surface area contributed by atoms with Gasteiger partial charge in [-0.3, -0.25) is 0 Å². The molecule has 1 unspecified atom stereocenters. The highest BCUT2D eigenvalue weighted by atomic mass is 35.5. The van der Waals surface area contributed by atoms with Crippen molar-refractivity contribution in [3.05, 3.63) is 57.4 Å². The second-order valence-electron chi connectivity index (χ2n) is 5.49. The van der Waals surface area contributed by atoms with Crippen LogP contribution in [0.1, 0.15) is 30.8 Å². The van der Waals surface area contributed by atoms with Gasteiger partial charge >= 0.3 is 0 Å². The Morgan fingerprint density at radius 3 is 2.65 bits per heavy atom. The van der Waals surface area contributed by atoms with E-state index in [1.165, 1.54) is 13.3 Å². The standard InChI is InChI=1S/C18H19Cl3FN3O/c1-12(22)17-16(21)18(25-11-24-17)23-9-8-13-4-6-14(7-5-13)26-10-2-3-15(19)20/h3-7,11-12H,2,8-10H2,1H3,(H,23,24,25). The normalized spacial score (nSPS) is 11.7. The van der Waals surface area contributed by atoms with Crippen LogP contribution in [0.15, 0.2) is 41.2 Å². The van der Waals surface area contributed by atoms with Gasteiger partial charge in [0.05, 0.1) is 12.3 Å². The molecular formula is C18H19Cl3FN3O. The lowest BCUT2D eigenvalue weighted by atomic mass is 10.1. The maximum atomic E-state index is 13.4. The Kier molecular flexibility index (Phi) is 8.42. The predicted octanol–water partition coefficient (Wildman–Crippen LogP) is 5.90. The molecule has 0 saturated carbocycles. The van der Waals surface area contributed by atoms with Crippen LogP contribution < -0.4 is 10.1 Å². The molecule has 0 fully saturated rings. The average molecular weight is 419 g/mol. The van der Waals surface area contributed by atoms with Crippen molar-refractivity contribution in [2.45, 2.75) is 25.9 Å². The molecule has 8 heteroatoms. The van der Waals surface area contributed by atoms with Gasteiger partial charge in [-0.15, -0.1) is 0 Å². The zero-order valence-corrected chi connectivity index (χ0v) is 16.5. The number of ether oxygens (including phenoxy) is 1. The van der Waals surface area contributed by atoms with Crippen LogP contribution in [0.3, 0.4) is 0 Å². The molecule has 0 radical (unpaired) electrons. The molecule has 1 aromatic carbocycles. The van der Waals surface area contributed by atoms with E-state index in [4.69, 9.17) is 39.5 Å². The van der Waals surface area contributed by atoms with Gasteiger partial charge in [0.1, 0.15) is 33.6 Å². The van der Waals surface area contributed by atoms with Gasteiger partial charge in [-0.2, -0.15) is 0 Å². The van der Waals surface area contributed by atoms with Crippen LogP contribution >= 0.6 is 34.8 Å². The number of hydrogen-bond donors (Lipinski definition) is 1. The van der Waals surface area contributed by atoms with Gasteiger partial charge in [-0.25, -0.2) is 14.4 Å². The van der Waals surface area contributed by atoms with E-state index in [0.717, 1.165) is 17.7 Å². The number of hydrogen-bond acceptors (Lipinski definition) is 4. The highest BCUT2D eigenvalue weighted by Gasteiger charge is 2.14. The highest BCUT2D eigenvalue weighted by molar-refractivity contribution is 6.55. The molecule has 2 rings (SSSR count). The van der Waals surface area contributed by atoms with Crippen molar-refractivity contribution in [2.24, 2.45) is 0 Å². The monoisotopic (exact) mass is 417 g/mol. The number of benzene rings is 1. The summed E-state index contributed by atoms with van der Waals surface area (Å²) >= 11 is 17.2. The molecule has 0 spiro atoms. The Bertz CT molecular complexity index is 735. The second kappa shape index (κ2) is 10.6. The third kappa shape index (κ3) is 6.63. The van der Waals surface area contributed by atoms with E-state index in [1.54, 1.807) is 6.08 Å². The summed E-state index contributed by atoms with van der Waals surface area (Å²) in [5.41, 5.74) is 1.31. The van der Waals surface area contributed by atoms with Crippen molar-refractivity contribution < 1.29 is 9.13 Å². The van der Waals surface area contributed by atoms with Crippen LogP contribution in [0.5, 0.6) is 5.75 Å². The SMILES string of the molecule is CC(F)c1ncnc(NCCc2ccc(OCCC=C(Cl)Cl)cc2)c1Cl. The van der Waals surface area contributed by atoms with Crippen molar-refractivity contribution in [1.82, 2.24) is 9.97 Å². The van der Waals surface area contributed by atoms with Gasteiger partial charge in [-0.1, -0.05) is 53.0 Å². The predicted molar refractivity (Wildman–Crippen MR) is 105 cm³/mol. The summed E-state index contributed by atoms with van der Waals surface area (Å²) in [4.78, 5) is 7.92. The molecule has 1 heterocycles. The van der Waals surface area contributed by atoms with Gasteiger partial charge in [0.15, 0.2) is 0 Å². The molecule has 0 saturated heterocycles. The van der Waals surface area contributed by atoms with E-state index in [1.807, 2.05) is 24.3 Å². The smallest absolute Gasteiger partial charge is 0.148 e. The lowest BCUT2D eigenvalue weighted by Gasteiger charge is -2.11. The molecule has 1 atom stereocenters. The maximum absolute atomic E-state index is 13.4. The van der Waals surface area contributed by atoms with Gasteiger partial charge in [0.25, 0.3) is 0 Å². The first-order valence-corrected chi connectivity index (χ1v) is 9.22. The summed E-state index contributed by atoms with van der Waals surface area (Å²) < 4.78 is 19.3. The molecule has 4 nitrogen and oxygen atoms in total. The van der Waals surface area contributed by atoms with Gasteiger partial charge in [0, 0.05) is 13.0 Å². The van der Waals surface area contributed by atoms with Crippen molar-refractivity contribution in [3.8, 4) is 5.75 Å². The Morgan fingerprint density at radius 1 is 1.27 bits per heavy atom. The second-order valence-corrected chi connectivity index (χ2v) is 6.87. The molecule has 1 aromatic heterocycles. The van der Waals surface area contributed by atoms with Crippen LogP contribution in [0.4, 0.5) is 10.2 Å². The third-order valence-corrected chi connectivity index (χ3v) is 4.19. The number of aromatic nitrogens is 2. The number of anilines is 1. The Balaban J connectivity index is 1.81. The number of nitrogens with one attached hydrogen (secondary N) is 1. The Morgan fingerprint density at radius 2 is 2.00 bits per heavy atom. The molecule has 0 amide bonds. The van der Waals surface area contributed by atoms with Crippen LogP contribution in [0.25, 0.3) is 0 Å². The fourth-order valence-corrected chi connectivity index (χ4v) is 2.74. The van der Waals surface area contributed by atoms with E-state index in [0.29, 0.717) is 25.4 Å². The summed E-state index contributed by atoms with van der Waals surface area (Å²) in [5, 5.41) is 3.33. The molecule has 2 aromatic rings. The number of alkyl halides is 1. The molecular weight excluding hydrogens is 400 g/mol. The zero-order valence-electron chi connectivity index (χ0n) is 14.2. The molecule has 1 N–H and O–H groups in total. The lowest BCUT2D eigenvalue weighted by molar-refractivity contribution is 0.325. The third-order valence-electron chi connectivity index (χ3n) is 3.51.